The van der Waals surface area contributed by atoms with Gasteiger partial charge < -0.3 is 20.2 Å². The Morgan fingerprint density at radius 1 is 0.522 bits per heavy atom. The Kier molecular flexibility index (Phi) is 13.2. The first-order valence-corrected chi connectivity index (χ1v) is 24.7. The van der Waals surface area contributed by atoms with Gasteiger partial charge in [0.25, 0.3) is 23.6 Å². The summed E-state index contributed by atoms with van der Waals surface area (Å²) in [4.78, 5) is 93.5. The zero-order valence-electron chi connectivity index (χ0n) is 37.9. The number of carbonyl (C=O) groups is 4. The van der Waals surface area contributed by atoms with Crippen LogP contribution in [0.15, 0.2) is 119 Å². The minimum Gasteiger partial charge on any atom is -0.339 e. The van der Waals surface area contributed by atoms with Crippen molar-refractivity contribution in [3.8, 4) is 0 Å². The van der Waals surface area contributed by atoms with E-state index in [-0.39, 0.29) is 47.1 Å². The maximum atomic E-state index is 12.7. The number of nitrogens with one attached hydrogen (secondary N) is 3. The molecule has 69 heavy (non-hydrogen) atoms. The van der Waals surface area contributed by atoms with E-state index in [1.807, 2.05) is 54.9 Å². The number of hydrogen-bond donors (Lipinski definition) is 3. The lowest BCUT2D eigenvalue weighted by atomic mass is 10.1. The van der Waals surface area contributed by atoms with Crippen LogP contribution in [0.2, 0.25) is 0 Å². The first-order valence-electron chi connectivity index (χ1n) is 23.6. The number of unbranched alkanes of at least 4 members (excludes halogenated alkanes) is 2. The zero-order valence-corrected chi connectivity index (χ0v) is 39.5. The fourth-order valence-corrected chi connectivity index (χ4v) is 10.3. The summed E-state index contributed by atoms with van der Waals surface area (Å²) in [6.07, 6.45) is 9.22. The van der Waals surface area contributed by atoms with Crippen molar-refractivity contribution in [3.63, 3.8) is 0 Å². The molecule has 8 heterocycles. The molecule has 2 fully saturated rings. The quantitative estimate of drug-likeness (QED) is 0.0687. The summed E-state index contributed by atoms with van der Waals surface area (Å²) in [7, 11) is 0. The third-order valence-corrected chi connectivity index (χ3v) is 14.1. The van der Waals surface area contributed by atoms with Gasteiger partial charge in [0.05, 0.1) is 34.3 Å². The van der Waals surface area contributed by atoms with Gasteiger partial charge >= 0.3 is 11.4 Å². The van der Waals surface area contributed by atoms with Crippen LogP contribution in [0.4, 0.5) is 0 Å². The van der Waals surface area contributed by atoms with Gasteiger partial charge in [-0.1, -0.05) is 76.6 Å². The lowest BCUT2D eigenvalue weighted by Crippen LogP contribution is -2.32. The van der Waals surface area contributed by atoms with Gasteiger partial charge in [0.1, 0.15) is 11.3 Å². The lowest BCUT2D eigenvalue weighted by molar-refractivity contribution is 0.0636. The molecular weight excluding hydrogens is 941 g/mol. The highest BCUT2D eigenvalue weighted by molar-refractivity contribution is 9.09. The molecule has 0 aliphatic carbocycles. The topological polar surface area (TPSA) is 191 Å². The van der Waals surface area contributed by atoms with Crippen LogP contribution in [0.1, 0.15) is 92.0 Å². The van der Waals surface area contributed by atoms with Gasteiger partial charge in [0.2, 0.25) is 0 Å². The molecule has 17 heteroatoms. The van der Waals surface area contributed by atoms with Crippen LogP contribution in [0.5, 0.6) is 0 Å². The van der Waals surface area contributed by atoms with E-state index < -0.39 is 0 Å². The molecule has 4 aromatic heterocycles. The molecule has 0 saturated carbocycles. The Balaban J connectivity index is 0.000000133. The van der Waals surface area contributed by atoms with Crippen molar-refractivity contribution >= 4 is 83.4 Å². The van der Waals surface area contributed by atoms with E-state index in [1.54, 1.807) is 57.7 Å². The van der Waals surface area contributed by atoms with Gasteiger partial charge in [-0.05, 0) is 88.0 Å². The summed E-state index contributed by atoms with van der Waals surface area (Å²) < 4.78 is 3.55. The fraction of sp³-hybridized carbons (Fsp3) is 0.308. The van der Waals surface area contributed by atoms with E-state index in [1.165, 1.54) is 9.80 Å². The highest BCUT2D eigenvalue weighted by Crippen LogP contribution is 2.28. The van der Waals surface area contributed by atoms with Crippen molar-refractivity contribution in [2.45, 2.75) is 50.6 Å². The van der Waals surface area contributed by atoms with Gasteiger partial charge in [-0.2, -0.15) is 9.97 Å². The summed E-state index contributed by atoms with van der Waals surface area (Å²) in [5.74, 6) is -0.701. The van der Waals surface area contributed by atoms with Crippen LogP contribution in [0.3, 0.4) is 0 Å². The normalized spacial score (nSPS) is 17.8. The highest BCUT2D eigenvalue weighted by atomic mass is 79.9. The minimum absolute atomic E-state index is 0.0919. The maximum Gasteiger partial charge on any atom is 0.349 e. The van der Waals surface area contributed by atoms with Gasteiger partial charge in [0.15, 0.2) is 0 Å². The third kappa shape index (κ3) is 9.04. The molecule has 12 rings (SSSR count). The van der Waals surface area contributed by atoms with E-state index in [2.05, 4.69) is 52.1 Å². The van der Waals surface area contributed by atoms with E-state index in [0.29, 0.717) is 46.6 Å². The molecule has 16 nitrogen and oxygen atoms in total. The Bertz CT molecular complexity index is 3320. The van der Waals surface area contributed by atoms with E-state index in [9.17, 15) is 28.8 Å². The number of halogens is 1. The van der Waals surface area contributed by atoms with Crippen molar-refractivity contribution in [3.05, 3.63) is 153 Å². The first kappa shape index (κ1) is 45.7. The number of aromatic amines is 2. The molecule has 352 valence electrons. The molecule has 8 aromatic rings. The van der Waals surface area contributed by atoms with Gasteiger partial charge in [-0.25, -0.2) is 9.59 Å². The van der Waals surface area contributed by atoms with Gasteiger partial charge in [-0.15, -0.1) is 0 Å². The summed E-state index contributed by atoms with van der Waals surface area (Å²) in [6.45, 7) is 5.33. The van der Waals surface area contributed by atoms with Crippen LogP contribution in [0, 0.1) is 0 Å². The average molecular weight is 992 g/mol. The number of hydrogen-bond acceptors (Lipinski definition) is 10. The monoisotopic (exact) mass is 990 g/mol. The van der Waals surface area contributed by atoms with E-state index in [0.717, 1.165) is 109 Å². The second-order valence-electron chi connectivity index (χ2n) is 17.8. The molecule has 0 bridgehead atoms. The van der Waals surface area contributed by atoms with Crippen molar-refractivity contribution in [2.75, 3.05) is 51.1 Å². The van der Waals surface area contributed by atoms with Crippen LogP contribution in [0.25, 0.3) is 43.9 Å². The largest absolute Gasteiger partial charge is 0.349 e. The third-order valence-electron chi connectivity index (χ3n) is 13.5. The van der Waals surface area contributed by atoms with Crippen LogP contribution in [-0.4, -0.2) is 119 Å². The van der Waals surface area contributed by atoms with Crippen molar-refractivity contribution < 1.29 is 19.2 Å². The smallest absolute Gasteiger partial charge is 0.339 e. The number of para-hydroxylation sites is 2. The molecule has 4 amide bonds. The molecule has 0 radical (unpaired) electrons. The first-order chi connectivity index (χ1) is 33.7. The Hall–Kier alpha value is -7.08. The minimum atomic E-state index is -0.225. The second kappa shape index (κ2) is 19.9. The van der Waals surface area contributed by atoms with Crippen LogP contribution >= 0.6 is 15.9 Å². The highest BCUT2D eigenvalue weighted by Gasteiger charge is 2.36. The number of imide groups is 2. The van der Waals surface area contributed by atoms with Crippen molar-refractivity contribution in [2.24, 2.45) is 0 Å². The SMILES string of the molecule is O=C1c2ccccc2C(=O)N1CCCCBr.O=C1c2ccccc2C(=O)N1CCCCN1CCC(n2cc3c(nc2=O)[nH]c2ccccc23)C1.O=c1nc2[nH]c3ccccc3c2cn1C1CCNC1. The number of nitrogens with zero attached hydrogens (tertiary/aromatic N) is 7. The zero-order chi connectivity index (χ0) is 47.6. The van der Waals surface area contributed by atoms with Crippen molar-refractivity contribution in [1.82, 2.24) is 49.1 Å². The second-order valence-corrected chi connectivity index (χ2v) is 18.6. The Labute approximate surface area is 404 Å². The molecular formula is C52H51BrN10O6. The predicted octanol–water partition coefficient (Wildman–Crippen LogP) is 7.07. The lowest BCUT2D eigenvalue weighted by Gasteiger charge is -2.18. The maximum absolute atomic E-state index is 12.7. The fourth-order valence-electron chi connectivity index (χ4n) is 9.93. The van der Waals surface area contributed by atoms with E-state index in [4.69, 9.17) is 0 Å². The van der Waals surface area contributed by atoms with E-state index >= 15 is 0 Å². The number of amides is 4. The number of carbonyl (C=O) groups excluding carboxylic acids is 4. The number of alkyl halides is 1. The molecule has 3 N–H and O–H groups in total. The Morgan fingerprint density at radius 2 is 0.971 bits per heavy atom. The summed E-state index contributed by atoms with van der Waals surface area (Å²) >= 11 is 3.33. The predicted molar refractivity (Wildman–Crippen MR) is 268 cm³/mol. The summed E-state index contributed by atoms with van der Waals surface area (Å²) in [5.41, 5.74) is 4.98. The van der Waals surface area contributed by atoms with Crippen LogP contribution < -0.4 is 16.7 Å². The molecule has 2 saturated heterocycles. The average Bonchev–Trinajstić information content (AvgIpc) is 4.25. The molecule has 4 aliphatic heterocycles. The molecule has 4 aromatic carbocycles. The standard InChI is InChI=1S/C26H25N5O3.C14H14N4O.C12H12BrNO2/c32-24-19-8-1-2-9-20(19)25(33)30(24)13-6-5-12-29-14-11-17(15-29)31-16-21-18-7-3-4-10-22(18)27-23(21)28-26(31)34;19-14-17-13-11(8-18(14)9-5-6-15-7-9)10-3-1-2-4-12(10)16-13;13-7-3-4-8-14-11(15)9-5-1-2-6-10(9)12(14)16/h1-4,7-10,16-17H,5-6,11-15H2,(H,27,28,34);1-4,8-9,15H,5-7H2,(H,16,17,19);1-2,5-6H,3-4,7-8H2. The number of H-pyrrole nitrogens is 2. The molecule has 2 atom stereocenters. The molecule has 0 spiro atoms. The number of benzene rings is 4. The summed E-state index contributed by atoms with van der Waals surface area (Å²) in [6, 6.07) is 30.3. The van der Waals surface area contributed by atoms with Gasteiger partial charge in [0, 0.05) is 83.0 Å². The molecule has 4 aliphatic rings. The number of rotatable bonds is 11. The van der Waals surface area contributed by atoms with Crippen molar-refractivity contribution in [1.29, 1.82) is 0 Å². The number of aromatic nitrogens is 6. The Morgan fingerprint density at radius 3 is 1.45 bits per heavy atom. The molecule has 2 unspecified atom stereocenters. The number of likely N-dealkylation sites (tertiary alicyclic amines) is 1. The van der Waals surface area contributed by atoms with Gasteiger partial charge in [-0.3, -0.25) is 38.1 Å². The van der Waals surface area contributed by atoms with Crippen LogP contribution in [-0.2, 0) is 0 Å². The summed E-state index contributed by atoms with van der Waals surface area (Å²) in [5, 5.41) is 8.35. The number of fused-ring (bicyclic) bond motifs is 8.